The minimum absolute atomic E-state index is 0.166. The highest BCUT2D eigenvalue weighted by Crippen LogP contribution is 2.42. The van der Waals surface area contributed by atoms with E-state index in [0.29, 0.717) is 24.2 Å². The molecule has 1 fully saturated rings. The van der Waals surface area contributed by atoms with Gasteiger partial charge in [0.15, 0.2) is 0 Å². The summed E-state index contributed by atoms with van der Waals surface area (Å²) < 4.78 is 48.9. The maximum atomic E-state index is 13.1. The van der Waals surface area contributed by atoms with Gasteiger partial charge in [0.25, 0.3) is 0 Å². The first-order chi connectivity index (χ1) is 20.6. The molecule has 9 nitrogen and oxygen atoms in total. The summed E-state index contributed by atoms with van der Waals surface area (Å²) in [5.41, 5.74) is 5.84. The number of ether oxygens (including phenoxy) is 1. The molecule has 1 aliphatic heterocycles. The lowest BCUT2D eigenvalue weighted by molar-refractivity contribution is -0.132. The maximum Gasteiger partial charge on any atom is 0.411 e. The third kappa shape index (κ3) is 5.54. The summed E-state index contributed by atoms with van der Waals surface area (Å²) >= 11 is 0. The van der Waals surface area contributed by atoms with Gasteiger partial charge in [-0.3, -0.25) is 9.88 Å². The average molecular weight is 593 g/mol. The predicted molar refractivity (Wildman–Crippen MR) is 156 cm³/mol. The molecule has 0 radical (unpaired) electrons. The minimum Gasteiger partial charge on any atom is -0.465 e. The summed E-state index contributed by atoms with van der Waals surface area (Å²) in [5.74, 6) is 0.183. The zero-order chi connectivity index (χ0) is 30.3. The van der Waals surface area contributed by atoms with Crippen LogP contribution in [0.2, 0.25) is 0 Å². The van der Waals surface area contributed by atoms with E-state index in [1.165, 1.54) is 0 Å². The summed E-state index contributed by atoms with van der Waals surface area (Å²) in [6, 6.07) is 16.9. The highest BCUT2D eigenvalue weighted by Gasteiger charge is 2.32. The second kappa shape index (κ2) is 11.3. The Morgan fingerprint density at radius 3 is 2.51 bits per heavy atom. The van der Waals surface area contributed by atoms with Gasteiger partial charge in [-0.2, -0.15) is 13.2 Å². The van der Waals surface area contributed by atoms with E-state index in [1.54, 1.807) is 29.1 Å². The molecule has 1 saturated heterocycles. The number of amides is 1. The Morgan fingerprint density at radius 2 is 1.86 bits per heavy atom. The number of carboxylic acid groups (broad SMARTS) is 1. The van der Waals surface area contributed by atoms with Crippen LogP contribution in [0.15, 0.2) is 60.8 Å². The van der Waals surface area contributed by atoms with E-state index in [1.807, 2.05) is 38.2 Å². The van der Waals surface area contributed by atoms with Gasteiger partial charge < -0.3 is 14.4 Å². The van der Waals surface area contributed by atoms with Gasteiger partial charge in [0, 0.05) is 49.6 Å². The lowest BCUT2D eigenvalue weighted by atomic mass is 9.86. The van der Waals surface area contributed by atoms with E-state index in [0.717, 1.165) is 51.2 Å². The molecule has 224 valence electrons. The third-order valence-electron chi connectivity index (χ3n) is 8.18. The molecule has 0 saturated carbocycles. The van der Waals surface area contributed by atoms with Crippen molar-refractivity contribution in [2.24, 2.45) is 13.0 Å². The van der Waals surface area contributed by atoms with Crippen LogP contribution in [0.3, 0.4) is 0 Å². The maximum absolute atomic E-state index is 13.1. The van der Waals surface area contributed by atoms with E-state index in [9.17, 15) is 23.1 Å². The molecule has 2 aromatic carbocycles. The average Bonchev–Trinajstić information content (AvgIpc) is 3.49. The Labute approximate surface area is 245 Å². The van der Waals surface area contributed by atoms with Crippen molar-refractivity contribution in [2.45, 2.75) is 38.4 Å². The van der Waals surface area contributed by atoms with Crippen LogP contribution in [0.1, 0.15) is 36.6 Å². The van der Waals surface area contributed by atoms with Gasteiger partial charge in [-0.25, -0.2) is 9.48 Å². The van der Waals surface area contributed by atoms with Crippen molar-refractivity contribution >= 4 is 33.7 Å². The summed E-state index contributed by atoms with van der Waals surface area (Å²) in [5, 5.41) is 19.0. The fourth-order valence-electron chi connectivity index (χ4n) is 6.23. The monoisotopic (exact) mass is 592 g/mol. The molecule has 3 aromatic heterocycles. The van der Waals surface area contributed by atoms with Crippen LogP contribution in [-0.4, -0.2) is 61.7 Å². The zero-order valence-corrected chi connectivity index (χ0v) is 23.8. The topological polar surface area (TPSA) is 98.3 Å². The Bertz CT molecular complexity index is 1760. The van der Waals surface area contributed by atoms with Crippen molar-refractivity contribution < 1.29 is 27.8 Å². The van der Waals surface area contributed by atoms with E-state index in [4.69, 9.17) is 9.72 Å². The Kier molecular flexibility index (Phi) is 7.55. The van der Waals surface area contributed by atoms with Crippen LogP contribution in [0, 0.1) is 12.8 Å². The number of aromatic nitrogens is 5. The van der Waals surface area contributed by atoms with Gasteiger partial charge in [-0.15, -0.1) is 5.10 Å². The first-order valence-corrected chi connectivity index (χ1v) is 14.1. The van der Waals surface area contributed by atoms with Gasteiger partial charge in [-0.1, -0.05) is 35.5 Å². The van der Waals surface area contributed by atoms with E-state index in [-0.39, 0.29) is 17.6 Å². The number of anilines is 1. The normalized spacial score (nSPS) is 15.3. The zero-order valence-electron chi connectivity index (χ0n) is 23.8. The van der Waals surface area contributed by atoms with Crippen molar-refractivity contribution in [1.82, 2.24) is 24.5 Å². The molecule has 12 heteroatoms. The number of nitrogens with zero attached hydrogens (tertiary/aromatic N) is 6. The molecule has 0 aliphatic carbocycles. The lowest BCUT2D eigenvalue weighted by Gasteiger charge is -2.33. The second-order valence-electron chi connectivity index (χ2n) is 10.9. The molecular weight excluding hydrogens is 561 g/mol. The number of alkyl halides is 3. The Morgan fingerprint density at radius 1 is 1.12 bits per heavy atom. The number of hydrogen-bond acceptors (Lipinski definition) is 5. The van der Waals surface area contributed by atoms with Crippen molar-refractivity contribution in [2.75, 3.05) is 24.7 Å². The van der Waals surface area contributed by atoms with Gasteiger partial charge in [0.1, 0.15) is 0 Å². The fraction of sp³-hybridized carbons (Fsp3) is 0.355. The lowest BCUT2D eigenvalue weighted by Crippen LogP contribution is -2.33. The van der Waals surface area contributed by atoms with Gasteiger partial charge in [0.05, 0.1) is 40.4 Å². The Hall–Kier alpha value is -4.45. The molecule has 4 heterocycles. The molecule has 1 N–H and O–H groups in total. The first kappa shape index (κ1) is 28.7. The number of hydrogen-bond donors (Lipinski definition) is 1. The second-order valence-corrected chi connectivity index (χ2v) is 10.9. The summed E-state index contributed by atoms with van der Waals surface area (Å²) in [4.78, 5) is 17.8. The third-order valence-corrected chi connectivity index (χ3v) is 8.18. The number of carbonyl (C=O) groups is 1. The quantitative estimate of drug-likeness (QED) is 0.225. The summed E-state index contributed by atoms with van der Waals surface area (Å²) in [7, 11) is 1.82. The molecule has 0 bridgehead atoms. The molecule has 43 heavy (non-hydrogen) atoms. The number of halogens is 3. The molecule has 0 unspecified atom stereocenters. The molecule has 1 aliphatic rings. The van der Waals surface area contributed by atoms with Gasteiger partial charge in [-0.05, 0) is 55.5 Å². The molecule has 1 atom stereocenters. The number of aryl methyl sites for hydroxylation is 2. The highest BCUT2D eigenvalue weighted by atomic mass is 19.4. The van der Waals surface area contributed by atoms with Crippen molar-refractivity contribution in [3.63, 3.8) is 0 Å². The van der Waals surface area contributed by atoms with Crippen LogP contribution in [-0.2, 0) is 11.8 Å². The van der Waals surface area contributed by atoms with E-state index >= 15 is 0 Å². The number of rotatable bonds is 7. The summed E-state index contributed by atoms with van der Waals surface area (Å²) in [6.07, 6.45) is -3.80. The van der Waals surface area contributed by atoms with Crippen molar-refractivity contribution in [3.8, 4) is 11.3 Å². The predicted octanol–water partition coefficient (Wildman–Crippen LogP) is 6.75. The van der Waals surface area contributed by atoms with Gasteiger partial charge in [0.2, 0.25) is 0 Å². The molecule has 1 amide bonds. The first-order valence-electron chi connectivity index (χ1n) is 14.1. The largest absolute Gasteiger partial charge is 0.465 e. The van der Waals surface area contributed by atoms with Gasteiger partial charge >= 0.3 is 12.3 Å². The number of fused-ring (bicyclic) bond motifs is 3. The smallest absolute Gasteiger partial charge is 0.411 e. The highest BCUT2D eigenvalue weighted by molar-refractivity contribution is 6.08. The van der Waals surface area contributed by atoms with Crippen molar-refractivity contribution in [3.05, 3.63) is 72.1 Å². The fourth-order valence-corrected chi connectivity index (χ4v) is 6.23. The standard InChI is InChI=1S/C31H31F3N6O3/c1-19-28(38(2)37-36-19)22-16-26-27(35-18-22)24-9-8-23(39(30(41)42)13-12-31(32,33)34)17-25(24)40(26)29(20-6-4-3-5-7-20)21-10-14-43-15-11-21/h3-9,16-18,21,29H,10-15H2,1-2H3,(H,41,42)/t29-/m1/s1. The van der Waals surface area contributed by atoms with Crippen LogP contribution in [0.25, 0.3) is 33.2 Å². The SMILES string of the molecule is Cc1nnn(C)c1-c1cnc2c3ccc(N(CCC(F)(F)F)C(=O)O)cc3n([C@H](c3ccccc3)C3CCOCC3)c2c1. The van der Waals surface area contributed by atoms with E-state index in [2.05, 4.69) is 27.0 Å². The summed E-state index contributed by atoms with van der Waals surface area (Å²) in [6.45, 7) is 2.40. The van der Waals surface area contributed by atoms with Crippen LogP contribution >= 0.6 is 0 Å². The van der Waals surface area contributed by atoms with E-state index < -0.39 is 25.2 Å². The molecule has 0 spiro atoms. The minimum atomic E-state index is -4.49. The van der Waals surface area contributed by atoms with Crippen molar-refractivity contribution in [1.29, 1.82) is 0 Å². The van der Waals surface area contributed by atoms with Crippen LogP contribution in [0.4, 0.5) is 23.7 Å². The molecule has 5 aromatic rings. The molecular formula is C31H31F3N6O3. The number of benzene rings is 2. The molecule has 6 rings (SSSR count). The Balaban J connectivity index is 1.62. The van der Waals surface area contributed by atoms with Crippen LogP contribution in [0.5, 0.6) is 0 Å². The number of pyridine rings is 1. The van der Waals surface area contributed by atoms with Crippen LogP contribution < -0.4 is 4.90 Å².